The third-order valence-electron chi connectivity index (χ3n) is 6.41. The van der Waals surface area contributed by atoms with E-state index in [-0.39, 0.29) is 23.0 Å². The number of rotatable bonds is 2. The van der Waals surface area contributed by atoms with Crippen molar-refractivity contribution in [3.05, 3.63) is 29.3 Å². The molecule has 0 radical (unpaired) electrons. The van der Waals surface area contributed by atoms with Gasteiger partial charge in [-0.15, -0.1) is 0 Å². The summed E-state index contributed by atoms with van der Waals surface area (Å²) in [7, 11) is -3.74. The van der Waals surface area contributed by atoms with E-state index in [0.29, 0.717) is 25.1 Å². The first-order valence-corrected chi connectivity index (χ1v) is 9.54. The van der Waals surface area contributed by atoms with Gasteiger partial charge in [-0.05, 0) is 43.9 Å². The molecule has 1 aromatic carbocycles. The molecule has 4 nitrogen and oxygen atoms in total. The second-order valence-corrected chi connectivity index (χ2v) is 9.54. The fourth-order valence-electron chi connectivity index (χ4n) is 5.11. The molecule has 0 N–H and O–H groups in total. The number of hydrogen-bond acceptors (Lipinski definition) is 3. The number of nitriles is 1. The second-order valence-electron chi connectivity index (χ2n) is 7.27. The van der Waals surface area contributed by atoms with Crippen molar-refractivity contribution in [3.8, 4) is 6.07 Å². The Hall–Kier alpha value is -1.68. The monoisotopic (exact) mass is 352 g/mol. The van der Waals surface area contributed by atoms with Crippen molar-refractivity contribution in [2.75, 3.05) is 10.8 Å². The average molecular weight is 352 g/mol. The van der Waals surface area contributed by atoms with Gasteiger partial charge < -0.3 is 0 Å². The second kappa shape index (κ2) is 4.92. The van der Waals surface area contributed by atoms with Gasteiger partial charge in [0.05, 0.1) is 22.1 Å². The fraction of sp³-hybridized carbons (Fsp3) is 0.588. The molecule has 5 atom stereocenters. The summed E-state index contributed by atoms with van der Waals surface area (Å²) in [4.78, 5) is 0. The van der Waals surface area contributed by atoms with Gasteiger partial charge in [-0.1, -0.05) is 0 Å². The Kier molecular flexibility index (Phi) is 3.24. The molecule has 1 heterocycles. The van der Waals surface area contributed by atoms with E-state index in [4.69, 9.17) is 5.26 Å². The highest BCUT2D eigenvalue weighted by Crippen LogP contribution is 2.62. The van der Waals surface area contributed by atoms with E-state index in [1.54, 1.807) is 6.92 Å². The van der Waals surface area contributed by atoms with Gasteiger partial charge in [0.25, 0.3) is 0 Å². The quantitative estimate of drug-likeness (QED) is 0.822. The van der Waals surface area contributed by atoms with Gasteiger partial charge in [-0.3, -0.25) is 4.31 Å². The number of hydrogen-bond donors (Lipinski definition) is 0. The van der Waals surface area contributed by atoms with Crippen LogP contribution in [-0.4, -0.2) is 25.9 Å². The van der Waals surface area contributed by atoms with Crippen LogP contribution in [0.25, 0.3) is 0 Å². The smallest absolute Gasteiger partial charge is 0.241 e. The van der Waals surface area contributed by atoms with E-state index in [1.807, 2.05) is 6.07 Å². The molecule has 2 aliphatic carbocycles. The van der Waals surface area contributed by atoms with Gasteiger partial charge in [0.1, 0.15) is 12.8 Å². The van der Waals surface area contributed by atoms with Crippen LogP contribution in [0.1, 0.15) is 30.9 Å². The molecule has 2 bridgehead atoms. The topological polar surface area (TPSA) is 61.2 Å². The lowest BCUT2D eigenvalue weighted by molar-refractivity contribution is 0.162. The van der Waals surface area contributed by atoms with Crippen LogP contribution in [0.2, 0.25) is 0 Å². The largest absolute Gasteiger partial charge is 0.269 e. The maximum atomic E-state index is 14.2. The zero-order valence-electron chi connectivity index (χ0n) is 13.2. The molecule has 24 heavy (non-hydrogen) atoms. The van der Waals surface area contributed by atoms with Gasteiger partial charge in [-0.25, -0.2) is 17.2 Å². The van der Waals surface area contributed by atoms with E-state index in [9.17, 15) is 17.2 Å². The summed E-state index contributed by atoms with van der Waals surface area (Å²) < 4.78 is 54.0. The van der Waals surface area contributed by atoms with Gasteiger partial charge in [0.2, 0.25) is 10.0 Å². The standard InChI is InChI=1S/C17H18F2N2O2S/c1-17-14-5-11(6-16(14)19)15(17)9-21(24(17,22)23)13-3-2-10(8-20)12(4-13)7-18/h2-4,11,14-16H,5-7,9H2,1H3/t11-,14+,15+,16+,17-/m1/s1. The third-order valence-corrected chi connectivity index (χ3v) is 9.07. The van der Waals surface area contributed by atoms with Crippen LogP contribution in [0.4, 0.5) is 14.5 Å². The number of nitrogens with zero attached hydrogens (tertiary/aromatic N) is 2. The van der Waals surface area contributed by atoms with Crippen LogP contribution in [0.5, 0.6) is 0 Å². The van der Waals surface area contributed by atoms with E-state index in [1.165, 1.54) is 22.5 Å². The Morgan fingerprint density at radius 2 is 2.12 bits per heavy atom. The Bertz CT molecular complexity index is 851. The first-order valence-electron chi connectivity index (χ1n) is 8.10. The molecule has 1 aliphatic heterocycles. The summed E-state index contributed by atoms with van der Waals surface area (Å²) >= 11 is 0. The van der Waals surface area contributed by atoms with E-state index in [2.05, 4.69) is 0 Å². The molecule has 2 saturated carbocycles. The molecule has 1 aromatic rings. The van der Waals surface area contributed by atoms with E-state index < -0.39 is 33.5 Å². The predicted octanol–water partition coefficient (Wildman–Crippen LogP) is 2.93. The zero-order valence-corrected chi connectivity index (χ0v) is 14.1. The fourth-order valence-corrected chi connectivity index (χ4v) is 7.61. The average Bonchev–Trinajstić information content (AvgIpc) is 3.14. The van der Waals surface area contributed by atoms with Crippen molar-refractivity contribution < 1.29 is 17.2 Å². The number of sulfonamides is 1. The minimum absolute atomic E-state index is 0.0915. The van der Waals surface area contributed by atoms with Crippen LogP contribution in [-0.2, 0) is 16.7 Å². The van der Waals surface area contributed by atoms with Crippen LogP contribution in [0.15, 0.2) is 18.2 Å². The van der Waals surface area contributed by atoms with E-state index >= 15 is 0 Å². The Labute approximate surface area is 140 Å². The highest BCUT2D eigenvalue weighted by atomic mass is 32.2. The maximum absolute atomic E-state index is 14.2. The first-order chi connectivity index (χ1) is 11.3. The summed E-state index contributed by atoms with van der Waals surface area (Å²) in [5, 5.41) is 9.00. The summed E-state index contributed by atoms with van der Waals surface area (Å²) in [6.45, 7) is 1.15. The van der Waals surface area contributed by atoms with Crippen molar-refractivity contribution in [1.82, 2.24) is 0 Å². The van der Waals surface area contributed by atoms with Crippen molar-refractivity contribution in [3.63, 3.8) is 0 Å². The summed E-state index contributed by atoms with van der Waals surface area (Å²) in [6.07, 6.45) is 0.0175. The van der Waals surface area contributed by atoms with Crippen LogP contribution < -0.4 is 4.31 Å². The van der Waals surface area contributed by atoms with Crippen molar-refractivity contribution in [1.29, 1.82) is 5.26 Å². The first kappa shape index (κ1) is 15.8. The molecule has 0 amide bonds. The lowest BCUT2D eigenvalue weighted by atomic mass is 9.79. The summed E-state index contributed by atoms with van der Waals surface area (Å²) in [6, 6.07) is 6.31. The highest BCUT2D eigenvalue weighted by molar-refractivity contribution is 7.94. The number of anilines is 1. The molecule has 0 spiro atoms. The number of halogens is 2. The molecule has 1 saturated heterocycles. The molecule has 128 valence electrons. The highest BCUT2D eigenvalue weighted by Gasteiger charge is 2.70. The van der Waals surface area contributed by atoms with Crippen LogP contribution in [0, 0.1) is 29.1 Å². The van der Waals surface area contributed by atoms with E-state index in [0.717, 1.165) is 0 Å². The molecule has 7 heteroatoms. The molecule has 3 aliphatic rings. The third kappa shape index (κ3) is 1.72. The van der Waals surface area contributed by atoms with Crippen LogP contribution in [0.3, 0.4) is 0 Å². The SMILES string of the molecule is C[C@@]12[C@@H](CN(c3ccc(C#N)c(CF)c3)S1(=O)=O)[C@H]1C[C@H](F)[C@@H]2C1. The van der Waals surface area contributed by atoms with Gasteiger partial charge in [0, 0.05) is 23.9 Å². The summed E-state index contributed by atoms with van der Waals surface area (Å²) in [5.74, 6) is -0.459. The van der Waals surface area contributed by atoms with Crippen LogP contribution >= 0.6 is 0 Å². The van der Waals surface area contributed by atoms with Gasteiger partial charge in [0.15, 0.2) is 0 Å². The number of alkyl halides is 2. The zero-order chi connectivity index (χ0) is 17.3. The van der Waals surface area contributed by atoms with Gasteiger partial charge in [-0.2, -0.15) is 5.26 Å². The lowest BCUT2D eigenvalue weighted by Gasteiger charge is -2.35. The Morgan fingerprint density at radius 3 is 2.79 bits per heavy atom. The minimum atomic E-state index is -3.74. The normalized spacial score (nSPS) is 39.0. The molecule has 0 unspecified atom stereocenters. The molecule has 0 aromatic heterocycles. The predicted molar refractivity (Wildman–Crippen MR) is 85.2 cm³/mol. The Morgan fingerprint density at radius 1 is 1.38 bits per heavy atom. The molecule has 4 rings (SSSR count). The Balaban J connectivity index is 1.79. The van der Waals surface area contributed by atoms with Crippen molar-refractivity contribution in [2.45, 2.75) is 37.4 Å². The number of fused-ring (bicyclic) bond motifs is 5. The van der Waals surface area contributed by atoms with Crippen molar-refractivity contribution >= 4 is 15.7 Å². The maximum Gasteiger partial charge on any atom is 0.241 e. The molecule has 3 fully saturated rings. The molecular weight excluding hydrogens is 334 g/mol. The van der Waals surface area contributed by atoms with Gasteiger partial charge >= 0.3 is 0 Å². The summed E-state index contributed by atoms with van der Waals surface area (Å²) in [5.41, 5.74) is 0.749. The number of benzene rings is 1. The lowest BCUT2D eigenvalue weighted by Crippen LogP contribution is -2.48. The van der Waals surface area contributed by atoms with Crippen molar-refractivity contribution in [2.24, 2.45) is 17.8 Å². The minimum Gasteiger partial charge on any atom is -0.269 e. The molecular formula is C17H18F2N2O2S.